The van der Waals surface area contributed by atoms with E-state index in [0.29, 0.717) is 6.61 Å². The Kier molecular flexibility index (Phi) is 3.22. The zero-order valence-corrected chi connectivity index (χ0v) is 10.5. The van der Waals surface area contributed by atoms with Crippen LogP contribution in [-0.2, 0) is 10.3 Å². The molecular formula is C14H19NO2. The summed E-state index contributed by atoms with van der Waals surface area (Å²) in [6, 6.07) is 7.92. The number of benzene rings is 1. The Morgan fingerprint density at radius 3 is 2.76 bits per heavy atom. The van der Waals surface area contributed by atoms with Crippen LogP contribution in [0, 0.1) is 5.92 Å². The molecule has 3 nitrogen and oxygen atoms in total. The summed E-state index contributed by atoms with van der Waals surface area (Å²) >= 11 is 0. The largest absolute Gasteiger partial charge is 0.382 e. The standard InChI is InChI=1S/C14H19NO2/c1-10(2)14(16,9-17-3)12-5-4-6-13-11(12)7-8-15-13/h4-8,10,15-16H,9H2,1-3H3. The summed E-state index contributed by atoms with van der Waals surface area (Å²) in [5.41, 5.74) is 1.02. The molecule has 1 aromatic carbocycles. The van der Waals surface area contributed by atoms with Gasteiger partial charge in [-0.2, -0.15) is 0 Å². The van der Waals surface area contributed by atoms with E-state index in [2.05, 4.69) is 4.98 Å². The van der Waals surface area contributed by atoms with E-state index in [1.165, 1.54) is 0 Å². The van der Waals surface area contributed by atoms with Crippen LogP contribution in [0.3, 0.4) is 0 Å². The third kappa shape index (κ3) is 1.96. The van der Waals surface area contributed by atoms with Gasteiger partial charge in [0.25, 0.3) is 0 Å². The van der Waals surface area contributed by atoms with Crippen LogP contribution in [-0.4, -0.2) is 23.8 Å². The van der Waals surface area contributed by atoms with E-state index in [1.807, 2.05) is 44.3 Å². The van der Waals surface area contributed by atoms with Gasteiger partial charge in [0.1, 0.15) is 5.60 Å². The summed E-state index contributed by atoms with van der Waals surface area (Å²) in [4.78, 5) is 3.16. The second-order valence-electron chi connectivity index (χ2n) is 4.76. The number of hydrogen-bond donors (Lipinski definition) is 2. The van der Waals surface area contributed by atoms with Crippen molar-refractivity contribution in [2.75, 3.05) is 13.7 Å². The van der Waals surface area contributed by atoms with Gasteiger partial charge in [0.05, 0.1) is 6.61 Å². The Hall–Kier alpha value is -1.32. The lowest BCUT2D eigenvalue weighted by Gasteiger charge is -2.32. The first-order valence-electron chi connectivity index (χ1n) is 5.87. The Morgan fingerprint density at radius 2 is 2.12 bits per heavy atom. The predicted molar refractivity (Wildman–Crippen MR) is 68.9 cm³/mol. The van der Waals surface area contributed by atoms with Crippen molar-refractivity contribution in [3.63, 3.8) is 0 Å². The minimum atomic E-state index is -0.948. The number of fused-ring (bicyclic) bond motifs is 1. The average molecular weight is 233 g/mol. The fourth-order valence-corrected chi connectivity index (χ4v) is 2.24. The molecule has 17 heavy (non-hydrogen) atoms. The highest BCUT2D eigenvalue weighted by Gasteiger charge is 2.34. The molecule has 3 heteroatoms. The minimum absolute atomic E-state index is 0.0861. The van der Waals surface area contributed by atoms with Gasteiger partial charge in [-0.3, -0.25) is 0 Å². The first kappa shape index (κ1) is 12.1. The molecule has 0 amide bonds. The summed E-state index contributed by atoms with van der Waals surface area (Å²) in [5.74, 6) is 0.0861. The van der Waals surface area contributed by atoms with Gasteiger partial charge in [-0.1, -0.05) is 26.0 Å². The van der Waals surface area contributed by atoms with Gasteiger partial charge in [0.2, 0.25) is 0 Å². The van der Waals surface area contributed by atoms with Gasteiger partial charge in [0, 0.05) is 24.2 Å². The fourth-order valence-electron chi connectivity index (χ4n) is 2.24. The van der Waals surface area contributed by atoms with Crippen LogP contribution >= 0.6 is 0 Å². The zero-order valence-electron chi connectivity index (χ0n) is 10.5. The maximum Gasteiger partial charge on any atom is 0.116 e. The first-order chi connectivity index (χ1) is 8.09. The summed E-state index contributed by atoms with van der Waals surface area (Å²) in [6.07, 6.45) is 1.89. The van der Waals surface area contributed by atoms with Crippen LogP contribution < -0.4 is 0 Å². The van der Waals surface area contributed by atoms with Gasteiger partial charge < -0.3 is 14.8 Å². The molecule has 1 heterocycles. The van der Waals surface area contributed by atoms with Crippen molar-refractivity contribution in [3.05, 3.63) is 36.0 Å². The van der Waals surface area contributed by atoms with Crippen molar-refractivity contribution in [1.82, 2.24) is 4.98 Å². The van der Waals surface area contributed by atoms with Gasteiger partial charge in [0.15, 0.2) is 0 Å². The molecular weight excluding hydrogens is 214 g/mol. The number of methoxy groups -OCH3 is 1. The summed E-state index contributed by atoms with van der Waals surface area (Å²) in [5, 5.41) is 11.9. The number of aromatic nitrogens is 1. The third-order valence-electron chi connectivity index (χ3n) is 3.38. The van der Waals surface area contributed by atoms with Gasteiger partial charge in [-0.25, -0.2) is 0 Å². The Balaban J connectivity index is 2.59. The number of rotatable bonds is 4. The second-order valence-corrected chi connectivity index (χ2v) is 4.76. The third-order valence-corrected chi connectivity index (χ3v) is 3.38. The van der Waals surface area contributed by atoms with Crippen molar-refractivity contribution in [1.29, 1.82) is 0 Å². The van der Waals surface area contributed by atoms with Crippen molar-refractivity contribution >= 4 is 10.9 Å². The Morgan fingerprint density at radius 1 is 1.35 bits per heavy atom. The van der Waals surface area contributed by atoms with E-state index in [4.69, 9.17) is 4.74 Å². The van der Waals surface area contributed by atoms with Crippen molar-refractivity contribution in [3.8, 4) is 0 Å². The second kappa shape index (κ2) is 4.51. The molecule has 0 aliphatic heterocycles. The molecule has 2 aromatic rings. The molecule has 1 unspecified atom stereocenters. The molecule has 92 valence electrons. The highest BCUT2D eigenvalue weighted by molar-refractivity contribution is 5.83. The monoisotopic (exact) mass is 233 g/mol. The van der Waals surface area contributed by atoms with Gasteiger partial charge in [-0.15, -0.1) is 0 Å². The van der Waals surface area contributed by atoms with Crippen molar-refractivity contribution < 1.29 is 9.84 Å². The molecule has 0 fully saturated rings. The maximum absolute atomic E-state index is 10.8. The summed E-state index contributed by atoms with van der Waals surface area (Å²) in [6.45, 7) is 4.31. The molecule has 2 N–H and O–H groups in total. The molecule has 0 saturated heterocycles. The molecule has 0 spiro atoms. The average Bonchev–Trinajstić information content (AvgIpc) is 2.76. The molecule has 1 aromatic heterocycles. The van der Waals surface area contributed by atoms with Crippen LogP contribution in [0.5, 0.6) is 0 Å². The van der Waals surface area contributed by atoms with Crippen molar-refractivity contribution in [2.45, 2.75) is 19.4 Å². The Labute approximate surface area is 101 Å². The fraction of sp³-hybridized carbons (Fsp3) is 0.429. The highest BCUT2D eigenvalue weighted by Crippen LogP contribution is 2.34. The van der Waals surface area contributed by atoms with Crippen LogP contribution in [0.1, 0.15) is 19.4 Å². The quantitative estimate of drug-likeness (QED) is 0.852. The number of H-pyrrole nitrogens is 1. The first-order valence-corrected chi connectivity index (χ1v) is 5.87. The molecule has 0 aliphatic carbocycles. The van der Waals surface area contributed by atoms with E-state index >= 15 is 0 Å². The van der Waals surface area contributed by atoms with Crippen molar-refractivity contribution in [2.24, 2.45) is 5.92 Å². The predicted octanol–water partition coefficient (Wildman–Crippen LogP) is 2.66. The normalized spacial score (nSPS) is 15.4. The lowest BCUT2D eigenvalue weighted by molar-refractivity contribution is -0.0689. The number of aromatic amines is 1. The van der Waals surface area contributed by atoms with E-state index in [9.17, 15) is 5.11 Å². The molecule has 0 radical (unpaired) electrons. The van der Waals surface area contributed by atoms with Crippen LogP contribution in [0.25, 0.3) is 10.9 Å². The van der Waals surface area contributed by atoms with Gasteiger partial charge in [-0.05, 0) is 23.6 Å². The summed E-state index contributed by atoms with van der Waals surface area (Å²) < 4.78 is 5.19. The molecule has 0 saturated carbocycles. The lowest BCUT2D eigenvalue weighted by atomic mass is 9.82. The summed E-state index contributed by atoms with van der Waals surface area (Å²) in [7, 11) is 1.62. The SMILES string of the molecule is COCC(O)(c1cccc2[nH]ccc12)C(C)C. The van der Waals surface area contributed by atoms with Crippen LogP contribution in [0.2, 0.25) is 0 Å². The number of aliphatic hydroxyl groups is 1. The molecule has 0 aliphatic rings. The molecule has 1 atom stereocenters. The van der Waals surface area contributed by atoms with Gasteiger partial charge >= 0.3 is 0 Å². The highest BCUT2D eigenvalue weighted by atomic mass is 16.5. The molecule has 2 rings (SSSR count). The van der Waals surface area contributed by atoms with E-state index in [0.717, 1.165) is 16.5 Å². The van der Waals surface area contributed by atoms with E-state index < -0.39 is 5.60 Å². The topological polar surface area (TPSA) is 45.2 Å². The van der Waals surface area contributed by atoms with E-state index in [1.54, 1.807) is 7.11 Å². The smallest absolute Gasteiger partial charge is 0.116 e. The van der Waals surface area contributed by atoms with E-state index in [-0.39, 0.29) is 5.92 Å². The maximum atomic E-state index is 10.8. The minimum Gasteiger partial charge on any atom is -0.382 e. The number of nitrogens with one attached hydrogen (secondary N) is 1. The van der Waals surface area contributed by atoms with Crippen LogP contribution in [0.15, 0.2) is 30.5 Å². The number of ether oxygens (including phenoxy) is 1. The lowest BCUT2D eigenvalue weighted by Crippen LogP contribution is -2.37. The zero-order chi connectivity index (χ0) is 12.5. The van der Waals surface area contributed by atoms with Crippen LogP contribution in [0.4, 0.5) is 0 Å². The Bertz CT molecular complexity index is 504. The molecule has 0 bridgehead atoms. The number of hydrogen-bond acceptors (Lipinski definition) is 2.